The summed E-state index contributed by atoms with van der Waals surface area (Å²) < 4.78 is 39.4. The molecule has 176 valence electrons. The van der Waals surface area contributed by atoms with Crippen molar-refractivity contribution in [2.75, 3.05) is 37.8 Å². The van der Waals surface area contributed by atoms with E-state index in [1.54, 1.807) is 29.2 Å². The van der Waals surface area contributed by atoms with Gasteiger partial charge in [0.1, 0.15) is 0 Å². The fourth-order valence-electron chi connectivity index (χ4n) is 3.49. The molecular formula is C23H24F3N3O3S. The summed E-state index contributed by atoms with van der Waals surface area (Å²) in [7, 11) is 1.40. The molecule has 33 heavy (non-hydrogen) atoms. The van der Waals surface area contributed by atoms with Crippen LogP contribution in [-0.2, 0) is 15.8 Å². The van der Waals surface area contributed by atoms with Crippen LogP contribution in [0.4, 0.5) is 18.9 Å². The Kier molecular flexibility index (Phi) is 8.01. The maximum Gasteiger partial charge on any atom is 0.418 e. The fourth-order valence-corrected chi connectivity index (χ4v) is 4.44. The molecule has 2 aromatic carbocycles. The molecule has 3 amide bonds. The van der Waals surface area contributed by atoms with Crippen LogP contribution in [0.15, 0.2) is 53.4 Å². The molecule has 1 aliphatic heterocycles. The number of likely N-dealkylation sites (tertiary alicyclic amines) is 1. The standard InChI is InChI=1S/C23H24F3N3O3S/c1-28(14-20(30)27-18-10-4-3-9-17(18)23(24,25)26)22(32)16-8-2-5-11-19(16)33-15-21(31)29-12-6-7-13-29/h2-5,8-11H,6-7,12-15H2,1H3,(H,27,30). The van der Waals surface area contributed by atoms with Crippen LogP contribution in [0.1, 0.15) is 28.8 Å². The molecule has 0 radical (unpaired) electrons. The first-order valence-electron chi connectivity index (χ1n) is 10.4. The van der Waals surface area contributed by atoms with Crippen molar-refractivity contribution in [3.05, 3.63) is 59.7 Å². The zero-order chi connectivity index (χ0) is 24.0. The first-order valence-corrected chi connectivity index (χ1v) is 11.4. The van der Waals surface area contributed by atoms with Crippen LogP contribution in [-0.4, -0.2) is 60.0 Å². The summed E-state index contributed by atoms with van der Waals surface area (Å²) in [6.45, 7) is 1.06. The zero-order valence-electron chi connectivity index (χ0n) is 18.0. The van der Waals surface area contributed by atoms with Crippen molar-refractivity contribution in [3.8, 4) is 0 Å². The number of benzene rings is 2. The van der Waals surface area contributed by atoms with E-state index in [-0.39, 0.29) is 17.3 Å². The zero-order valence-corrected chi connectivity index (χ0v) is 18.8. The number of carbonyl (C=O) groups excluding carboxylic acids is 3. The number of nitrogens with zero attached hydrogens (tertiary/aromatic N) is 2. The molecule has 2 aromatic rings. The van der Waals surface area contributed by atoms with Gasteiger partial charge >= 0.3 is 6.18 Å². The Morgan fingerprint density at radius 1 is 1.03 bits per heavy atom. The molecular weight excluding hydrogens is 455 g/mol. The van der Waals surface area contributed by atoms with Crippen molar-refractivity contribution in [2.45, 2.75) is 23.9 Å². The van der Waals surface area contributed by atoms with E-state index < -0.39 is 30.1 Å². The lowest BCUT2D eigenvalue weighted by Crippen LogP contribution is -2.35. The third-order valence-corrected chi connectivity index (χ3v) is 6.22. The topological polar surface area (TPSA) is 69.7 Å². The summed E-state index contributed by atoms with van der Waals surface area (Å²) in [6.07, 6.45) is -2.63. The highest BCUT2D eigenvalue weighted by molar-refractivity contribution is 8.00. The second-order valence-electron chi connectivity index (χ2n) is 7.63. The van der Waals surface area contributed by atoms with Crippen molar-refractivity contribution >= 4 is 35.2 Å². The molecule has 1 saturated heterocycles. The Hall–Kier alpha value is -3.01. The molecule has 3 rings (SSSR count). The van der Waals surface area contributed by atoms with Crippen LogP contribution in [0.3, 0.4) is 0 Å². The molecule has 0 saturated carbocycles. The van der Waals surface area contributed by atoms with Gasteiger partial charge in [0.15, 0.2) is 0 Å². The average Bonchev–Trinajstić information content (AvgIpc) is 3.32. The van der Waals surface area contributed by atoms with Gasteiger partial charge in [-0.1, -0.05) is 24.3 Å². The lowest BCUT2D eigenvalue weighted by Gasteiger charge is -2.20. The minimum absolute atomic E-state index is 0.0100. The first kappa shape index (κ1) is 24.6. The van der Waals surface area contributed by atoms with Crippen LogP contribution in [0.5, 0.6) is 0 Å². The van der Waals surface area contributed by atoms with Gasteiger partial charge in [0.2, 0.25) is 11.8 Å². The number of hydrogen-bond donors (Lipinski definition) is 1. The van der Waals surface area contributed by atoms with Gasteiger partial charge in [-0.3, -0.25) is 14.4 Å². The Bertz CT molecular complexity index is 1020. The van der Waals surface area contributed by atoms with Crippen molar-refractivity contribution in [2.24, 2.45) is 0 Å². The van der Waals surface area contributed by atoms with E-state index in [0.29, 0.717) is 10.5 Å². The van der Waals surface area contributed by atoms with Gasteiger partial charge in [-0.15, -0.1) is 11.8 Å². The number of rotatable bonds is 7. The van der Waals surface area contributed by atoms with E-state index in [0.717, 1.165) is 43.0 Å². The maximum absolute atomic E-state index is 13.1. The van der Waals surface area contributed by atoms with E-state index >= 15 is 0 Å². The highest BCUT2D eigenvalue weighted by Gasteiger charge is 2.33. The number of alkyl halides is 3. The van der Waals surface area contributed by atoms with Gasteiger partial charge in [-0.05, 0) is 37.1 Å². The lowest BCUT2D eigenvalue weighted by atomic mass is 10.1. The molecule has 1 aliphatic rings. The van der Waals surface area contributed by atoms with Crippen LogP contribution in [0.25, 0.3) is 0 Å². The van der Waals surface area contributed by atoms with E-state index in [1.165, 1.54) is 30.9 Å². The van der Waals surface area contributed by atoms with E-state index in [4.69, 9.17) is 0 Å². The molecule has 0 bridgehead atoms. The average molecular weight is 480 g/mol. The predicted octanol–water partition coefficient (Wildman–Crippen LogP) is 4.13. The molecule has 0 unspecified atom stereocenters. The number of thioether (sulfide) groups is 1. The summed E-state index contributed by atoms with van der Waals surface area (Å²) in [5, 5.41) is 2.23. The minimum atomic E-state index is -4.62. The van der Waals surface area contributed by atoms with Crippen molar-refractivity contribution in [1.82, 2.24) is 9.80 Å². The number of para-hydroxylation sites is 1. The summed E-state index contributed by atoms with van der Waals surface area (Å²) in [5.74, 6) is -1.01. The van der Waals surface area contributed by atoms with Gasteiger partial charge in [-0.25, -0.2) is 0 Å². The number of carbonyl (C=O) groups is 3. The Morgan fingerprint density at radius 2 is 1.67 bits per heavy atom. The van der Waals surface area contributed by atoms with Crippen molar-refractivity contribution in [3.63, 3.8) is 0 Å². The van der Waals surface area contributed by atoms with Crippen molar-refractivity contribution < 1.29 is 27.6 Å². The number of hydrogen-bond acceptors (Lipinski definition) is 4. The molecule has 10 heteroatoms. The molecule has 1 N–H and O–H groups in total. The number of likely N-dealkylation sites (N-methyl/N-ethyl adjacent to an activating group) is 1. The van der Waals surface area contributed by atoms with Crippen LogP contribution < -0.4 is 5.32 Å². The minimum Gasteiger partial charge on any atom is -0.342 e. The number of halogens is 3. The Labute approximate surface area is 194 Å². The molecule has 0 spiro atoms. The molecule has 1 heterocycles. The van der Waals surface area contributed by atoms with Gasteiger partial charge < -0.3 is 15.1 Å². The van der Waals surface area contributed by atoms with Gasteiger partial charge in [0, 0.05) is 25.0 Å². The number of nitrogens with one attached hydrogen (secondary N) is 1. The normalized spacial score (nSPS) is 13.6. The van der Waals surface area contributed by atoms with Gasteiger partial charge in [0.25, 0.3) is 5.91 Å². The highest BCUT2D eigenvalue weighted by atomic mass is 32.2. The molecule has 1 fully saturated rings. The second kappa shape index (κ2) is 10.7. The smallest absolute Gasteiger partial charge is 0.342 e. The molecule has 0 atom stereocenters. The van der Waals surface area contributed by atoms with E-state index in [9.17, 15) is 27.6 Å². The molecule has 0 aliphatic carbocycles. The van der Waals surface area contributed by atoms with Gasteiger partial charge in [-0.2, -0.15) is 13.2 Å². The molecule has 0 aromatic heterocycles. The summed E-state index contributed by atoms with van der Waals surface area (Å²) >= 11 is 1.25. The lowest BCUT2D eigenvalue weighted by molar-refractivity contribution is -0.137. The van der Waals surface area contributed by atoms with Crippen LogP contribution >= 0.6 is 11.8 Å². The summed E-state index contributed by atoms with van der Waals surface area (Å²) in [5.41, 5.74) is -1.01. The molecule has 6 nitrogen and oxygen atoms in total. The first-order chi connectivity index (χ1) is 15.7. The largest absolute Gasteiger partial charge is 0.418 e. The van der Waals surface area contributed by atoms with E-state index in [1.807, 2.05) is 0 Å². The fraction of sp³-hybridized carbons (Fsp3) is 0.348. The van der Waals surface area contributed by atoms with Crippen molar-refractivity contribution in [1.29, 1.82) is 0 Å². The predicted molar refractivity (Wildman–Crippen MR) is 120 cm³/mol. The number of amides is 3. The maximum atomic E-state index is 13.1. The Morgan fingerprint density at radius 3 is 2.36 bits per heavy atom. The summed E-state index contributed by atoms with van der Waals surface area (Å²) in [6, 6.07) is 11.4. The second-order valence-corrected chi connectivity index (χ2v) is 8.64. The van der Waals surface area contributed by atoms with Crippen LogP contribution in [0, 0.1) is 0 Å². The highest BCUT2D eigenvalue weighted by Crippen LogP contribution is 2.34. The summed E-state index contributed by atoms with van der Waals surface area (Å²) in [4.78, 5) is 41.2. The third kappa shape index (κ3) is 6.50. The monoisotopic (exact) mass is 479 g/mol. The van der Waals surface area contributed by atoms with E-state index in [2.05, 4.69) is 5.32 Å². The SMILES string of the molecule is CN(CC(=O)Nc1ccccc1C(F)(F)F)C(=O)c1ccccc1SCC(=O)N1CCCC1. The third-order valence-electron chi connectivity index (χ3n) is 5.16. The Balaban J connectivity index is 1.63. The van der Waals surface area contributed by atoms with Crippen LogP contribution in [0.2, 0.25) is 0 Å². The quantitative estimate of drug-likeness (QED) is 0.607. The van der Waals surface area contributed by atoms with Gasteiger partial charge in [0.05, 0.1) is 29.1 Å². The number of anilines is 1.